The van der Waals surface area contributed by atoms with Crippen LogP contribution in [0.3, 0.4) is 0 Å². The molecule has 1 aliphatic rings. The Labute approximate surface area is 142 Å². The number of β-amino-alcohol motifs (C(OH)–C–C–N with tert-alkyl or cyclic N) is 1. The van der Waals surface area contributed by atoms with Crippen molar-refractivity contribution in [2.45, 2.75) is 31.8 Å². The van der Waals surface area contributed by atoms with Gasteiger partial charge in [0.25, 0.3) is 0 Å². The molecule has 4 atom stereocenters. The first-order valence-corrected chi connectivity index (χ1v) is 9.89. The van der Waals surface area contributed by atoms with Crippen LogP contribution in [0.2, 0.25) is 0 Å². The van der Waals surface area contributed by atoms with E-state index in [4.69, 9.17) is 4.74 Å². The average Bonchev–Trinajstić information content (AvgIpc) is 2.85. The monoisotopic (exact) mass is 339 g/mol. The van der Waals surface area contributed by atoms with Crippen LogP contribution in [0.25, 0.3) is 0 Å². The summed E-state index contributed by atoms with van der Waals surface area (Å²) in [5.41, 5.74) is 0. The number of aliphatic hydroxyl groups excluding tert-OH is 1. The number of aliphatic hydroxyl groups is 1. The molecule has 1 fully saturated rings. The third kappa shape index (κ3) is 5.30. The van der Waals surface area contributed by atoms with Crippen LogP contribution < -0.4 is 4.74 Å². The Morgan fingerprint density at radius 2 is 1.96 bits per heavy atom. The zero-order chi connectivity index (χ0) is 17.0. The van der Waals surface area contributed by atoms with Crippen LogP contribution in [0.4, 0.5) is 0 Å². The lowest BCUT2D eigenvalue weighted by Gasteiger charge is -2.22. The fraction of sp³-hybridized carbons (Fsp3) is 0.667. The lowest BCUT2D eigenvalue weighted by atomic mass is 9.99. The number of hydrogen-bond acceptors (Lipinski definition) is 4. The van der Waals surface area contributed by atoms with Crippen molar-refractivity contribution < 1.29 is 14.1 Å². The van der Waals surface area contributed by atoms with Crippen molar-refractivity contribution in [2.75, 3.05) is 32.5 Å². The molecule has 1 aromatic rings. The van der Waals surface area contributed by atoms with Gasteiger partial charge in [-0.1, -0.05) is 20.8 Å². The second kappa shape index (κ2) is 8.27. The van der Waals surface area contributed by atoms with Gasteiger partial charge in [0, 0.05) is 47.5 Å². The predicted octanol–water partition coefficient (Wildman–Crippen LogP) is 2.39. The van der Waals surface area contributed by atoms with Gasteiger partial charge in [-0.15, -0.1) is 0 Å². The van der Waals surface area contributed by atoms with Gasteiger partial charge in [-0.3, -0.25) is 4.21 Å². The van der Waals surface area contributed by atoms with Gasteiger partial charge >= 0.3 is 0 Å². The molecule has 0 spiro atoms. The minimum absolute atomic E-state index is 0.260. The summed E-state index contributed by atoms with van der Waals surface area (Å²) in [4.78, 5) is 3.16. The Kier molecular flexibility index (Phi) is 6.62. The fourth-order valence-electron chi connectivity index (χ4n) is 2.91. The molecule has 0 saturated carbocycles. The van der Waals surface area contributed by atoms with Gasteiger partial charge < -0.3 is 14.7 Å². The van der Waals surface area contributed by atoms with E-state index in [0.29, 0.717) is 24.4 Å². The summed E-state index contributed by atoms with van der Waals surface area (Å²) in [5.74, 6) is 2.17. The molecule has 5 heteroatoms. The van der Waals surface area contributed by atoms with Gasteiger partial charge in [-0.25, -0.2) is 0 Å². The van der Waals surface area contributed by atoms with Crippen molar-refractivity contribution in [3.63, 3.8) is 0 Å². The summed E-state index contributed by atoms with van der Waals surface area (Å²) < 4.78 is 17.3. The SMILES string of the molecule is CC(C)C(O)CN1CC(C)C(COc2ccc(S(C)=O)cc2)C1. The van der Waals surface area contributed by atoms with Crippen molar-refractivity contribution in [3.05, 3.63) is 24.3 Å². The van der Waals surface area contributed by atoms with Crippen LogP contribution in [-0.4, -0.2) is 52.8 Å². The first kappa shape index (κ1) is 18.4. The van der Waals surface area contributed by atoms with Gasteiger partial charge in [0.05, 0.1) is 12.7 Å². The molecule has 23 heavy (non-hydrogen) atoms. The molecule has 130 valence electrons. The molecule has 4 unspecified atom stereocenters. The summed E-state index contributed by atoms with van der Waals surface area (Å²) in [6.45, 7) is 9.78. The van der Waals surface area contributed by atoms with Crippen LogP contribution in [0, 0.1) is 17.8 Å². The second-order valence-corrected chi connectivity index (χ2v) is 8.38. The van der Waals surface area contributed by atoms with Gasteiger partial charge in [-0.2, -0.15) is 0 Å². The molecule has 1 N–H and O–H groups in total. The Hall–Kier alpha value is -0.910. The summed E-state index contributed by atoms with van der Waals surface area (Å²) in [7, 11) is -0.949. The topological polar surface area (TPSA) is 49.8 Å². The quantitative estimate of drug-likeness (QED) is 0.829. The van der Waals surface area contributed by atoms with Gasteiger partial charge in [0.15, 0.2) is 0 Å². The van der Waals surface area contributed by atoms with Crippen molar-refractivity contribution in [1.29, 1.82) is 0 Å². The molecular formula is C18H29NO3S. The van der Waals surface area contributed by atoms with Crippen molar-refractivity contribution >= 4 is 10.8 Å². The Morgan fingerprint density at radius 1 is 1.30 bits per heavy atom. The maximum absolute atomic E-state index is 11.4. The number of likely N-dealkylation sites (tertiary alicyclic amines) is 1. The first-order chi connectivity index (χ1) is 10.9. The zero-order valence-corrected chi connectivity index (χ0v) is 15.4. The lowest BCUT2D eigenvalue weighted by molar-refractivity contribution is 0.0826. The summed E-state index contributed by atoms with van der Waals surface area (Å²) in [5, 5.41) is 10.0. The number of hydrogen-bond donors (Lipinski definition) is 1. The summed E-state index contributed by atoms with van der Waals surface area (Å²) >= 11 is 0. The molecule has 1 aliphatic heterocycles. The van der Waals surface area contributed by atoms with Crippen LogP contribution in [0.15, 0.2) is 29.2 Å². The van der Waals surface area contributed by atoms with E-state index in [1.54, 1.807) is 6.26 Å². The molecule has 0 bridgehead atoms. The van der Waals surface area contributed by atoms with E-state index in [1.165, 1.54) is 0 Å². The third-order valence-corrected chi connectivity index (χ3v) is 5.61. The molecule has 1 heterocycles. The zero-order valence-electron chi connectivity index (χ0n) is 14.6. The minimum Gasteiger partial charge on any atom is -0.493 e. The van der Waals surface area contributed by atoms with E-state index in [9.17, 15) is 9.32 Å². The number of benzene rings is 1. The van der Waals surface area contributed by atoms with E-state index < -0.39 is 10.8 Å². The van der Waals surface area contributed by atoms with Crippen molar-refractivity contribution in [1.82, 2.24) is 4.90 Å². The van der Waals surface area contributed by atoms with Crippen LogP contribution in [0.1, 0.15) is 20.8 Å². The fourth-order valence-corrected chi connectivity index (χ4v) is 3.43. The van der Waals surface area contributed by atoms with Crippen molar-refractivity contribution in [3.8, 4) is 5.75 Å². The maximum Gasteiger partial charge on any atom is 0.119 e. The minimum atomic E-state index is -0.949. The molecular weight excluding hydrogens is 310 g/mol. The highest BCUT2D eigenvalue weighted by atomic mass is 32.2. The van der Waals surface area contributed by atoms with E-state index in [1.807, 2.05) is 24.3 Å². The molecule has 1 saturated heterocycles. The summed E-state index contributed by atoms with van der Waals surface area (Å²) in [6.07, 6.45) is 1.42. The van der Waals surface area contributed by atoms with Gasteiger partial charge in [0.1, 0.15) is 5.75 Å². The summed E-state index contributed by atoms with van der Waals surface area (Å²) in [6, 6.07) is 7.48. The molecule has 2 rings (SSSR count). The van der Waals surface area contributed by atoms with E-state index in [-0.39, 0.29) is 6.10 Å². The Balaban J connectivity index is 1.82. The average molecular weight is 340 g/mol. The third-order valence-electron chi connectivity index (χ3n) is 4.68. The standard InChI is InChI=1S/C18H29NO3S/c1-13(2)18(20)11-19-9-14(3)15(10-19)12-22-16-5-7-17(8-6-16)23(4)21/h5-8,13-15,18,20H,9-12H2,1-4H3. The maximum atomic E-state index is 11.4. The highest BCUT2D eigenvalue weighted by molar-refractivity contribution is 7.84. The van der Waals surface area contributed by atoms with E-state index in [2.05, 4.69) is 25.7 Å². The van der Waals surface area contributed by atoms with Gasteiger partial charge in [-0.05, 0) is 36.1 Å². The Morgan fingerprint density at radius 3 is 2.52 bits per heavy atom. The number of nitrogens with zero attached hydrogens (tertiary/aromatic N) is 1. The van der Waals surface area contributed by atoms with Crippen LogP contribution >= 0.6 is 0 Å². The molecule has 0 aromatic heterocycles. The normalized spacial score (nSPS) is 24.8. The largest absolute Gasteiger partial charge is 0.493 e. The highest BCUT2D eigenvalue weighted by Gasteiger charge is 2.31. The van der Waals surface area contributed by atoms with E-state index >= 15 is 0 Å². The molecule has 0 radical (unpaired) electrons. The van der Waals surface area contributed by atoms with E-state index in [0.717, 1.165) is 30.3 Å². The van der Waals surface area contributed by atoms with Gasteiger partial charge in [0.2, 0.25) is 0 Å². The highest BCUT2D eigenvalue weighted by Crippen LogP contribution is 2.25. The number of ether oxygens (including phenoxy) is 1. The Bertz CT molecular complexity index is 518. The first-order valence-electron chi connectivity index (χ1n) is 8.33. The van der Waals surface area contributed by atoms with Crippen LogP contribution in [-0.2, 0) is 10.8 Å². The molecule has 0 aliphatic carbocycles. The molecule has 0 amide bonds. The van der Waals surface area contributed by atoms with Crippen molar-refractivity contribution in [2.24, 2.45) is 17.8 Å². The lowest BCUT2D eigenvalue weighted by Crippen LogP contribution is -2.34. The predicted molar refractivity (Wildman–Crippen MR) is 94.2 cm³/mol. The smallest absolute Gasteiger partial charge is 0.119 e. The molecule has 4 nitrogen and oxygen atoms in total. The van der Waals surface area contributed by atoms with Crippen LogP contribution in [0.5, 0.6) is 5.75 Å². The molecule has 1 aromatic carbocycles. The second-order valence-electron chi connectivity index (χ2n) is 7.00. The number of rotatable bonds is 7.